The maximum Gasteiger partial charge on any atom is 0.317 e. The van der Waals surface area contributed by atoms with Gasteiger partial charge in [0, 0.05) is 30.8 Å². The summed E-state index contributed by atoms with van der Waals surface area (Å²) in [5.41, 5.74) is -0.395. The van der Waals surface area contributed by atoms with Crippen LogP contribution >= 0.6 is 11.3 Å². The van der Waals surface area contributed by atoms with Gasteiger partial charge in [0.05, 0.1) is 23.9 Å². The van der Waals surface area contributed by atoms with Crippen LogP contribution in [0.5, 0.6) is 0 Å². The van der Waals surface area contributed by atoms with Gasteiger partial charge in [-0.25, -0.2) is 14.2 Å². The molecule has 122 valence electrons. The highest BCUT2D eigenvalue weighted by atomic mass is 32.1. The second kappa shape index (κ2) is 6.50. The number of rotatable bonds is 4. The van der Waals surface area contributed by atoms with Gasteiger partial charge < -0.3 is 15.3 Å². The molecule has 0 bridgehead atoms. The normalized spacial score (nSPS) is 24.4. The summed E-state index contributed by atoms with van der Waals surface area (Å²) in [4.78, 5) is 19.5. The van der Waals surface area contributed by atoms with E-state index in [0.29, 0.717) is 13.1 Å². The Morgan fingerprint density at radius 2 is 2.27 bits per heavy atom. The predicted octanol–water partition coefficient (Wildman–Crippen LogP) is 1.68. The monoisotopic (exact) mass is 327 g/mol. The number of aryl methyl sites for hydroxylation is 2. The third-order valence-corrected chi connectivity index (χ3v) is 5.60. The lowest BCUT2D eigenvalue weighted by Crippen LogP contribution is -2.42. The van der Waals surface area contributed by atoms with Crippen molar-refractivity contribution in [3.8, 4) is 0 Å². The van der Waals surface area contributed by atoms with E-state index in [1.807, 2.05) is 0 Å². The van der Waals surface area contributed by atoms with Crippen LogP contribution in [-0.4, -0.2) is 52.9 Å². The molecule has 2 N–H and O–H groups in total. The minimum atomic E-state index is -1.63. The fourth-order valence-corrected chi connectivity index (χ4v) is 4.19. The number of nitrogens with zero attached hydrogens (tertiary/aromatic N) is 2. The Bertz CT molecular complexity index is 527. The van der Waals surface area contributed by atoms with E-state index in [9.17, 15) is 9.18 Å². The van der Waals surface area contributed by atoms with Crippen LogP contribution in [0, 0.1) is 0 Å². The number of likely N-dealkylation sites (tertiary alicyclic amines) is 1. The van der Waals surface area contributed by atoms with Crippen molar-refractivity contribution in [2.75, 3.05) is 26.2 Å². The summed E-state index contributed by atoms with van der Waals surface area (Å²) < 4.78 is 13.9. The molecular weight excluding hydrogens is 305 g/mol. The molecule has 1 aliphatic carbocycles. The largest absolute Gasteiger partial charge is 0.393 e. The third kappa shape index (κ3) is 3.41. The Morgan fingerprint density at radius 3 is 3.00 bits per heavy atom. The highest BCUT2D eigenvalue weighted by molar-refractivity contribution is 7.11. The van der Waals surface area contributed by atoms with Crippen molar-refractivity contribution >= 4 is 17.4 Å². The van der Waals surface area contributed by atoms with Gasteiger partial charge in [0.25, 0.3) is 0 Å². The first kappa shape index (κ1) is 15.7. The number of alkyl halides is 1. The van der Waals surface area contributed by atoms with Gasteiger partial charge in [-0.15, -0.1) is 11.3 Å². The third-order valence-electron chi connectivity index (χ3n) is 4.38. The van der Waals surface area contributed by atoms with E-state index in [2.05, 4.69) is 10.3 Å². The molecule has 1 fully saturated rings. The molecule has 0 aromatic carbocycles. The standard InChI is InChI=1S/C15H22FN3O2S/c16-15(10-20)6-8-19(9-15)14(21)17-7-5-13-18-11-3-1-2-4-12(11)22-13/h20H,1-10H2,(H,17,21). The van der Waals surface area contributed by atoms with E-state index in [1.54, 1.807) is 11.3 Å². The first-order chi connectivity index (χ1) is 10.6. The number of hydrogen-bond donors (Lipinski definition) is 2. The molecule has 1 aromatic rings. The van der Waals surface area contributed by atoms with Crippen molar-refractivity contribution in [1.29, 1.82) is 0 Å². The second-order valence-electron chi connectivity index (χ2n) is 6.15. The molecule has 3 rings (SSSR count). The zero-order chi connectivity index (χ0) is 15.6. The number of aliphatic hydroxyl groups is 1. The lowest BCUT2D eigenvalue weighted by atomic mass is 10.0. The Kier molecular flexibility index (Phi) is 4.63. The van der Waals surface area contributed by atoms with Crippen molar-refractivity contribution in [2.45, 2.75) is 44.2 Å². The lowest BCUT2D eigenvalue weighted by Gasteiger charge is -2.19. The van der Waals surface area contributed by atoms with Crippen molar-refractivity contribution in [3.63, 3.8) is 0 Å². The maximum atomic E-state index is 13.9. The van der Waals surface area contributed by atoms with E-state index in [0.717, 1.165) is 24.3 Å². The van der Waals surface area contributed by atoms with Gasteiger partial charge in [0.15, 0.2) is 5.67 Å². The lowest BCUT2D eigenvalue weighted by molar-refractivity contribution is 0.0806. The first-order valence-corrected chi connectivity index (χ1v) is 8.71. The van der Waals surface area contributed by atoms with Gasteiger partial charge >= 0.3 is 6.03 Å². The minimum Gasteiger partial charge on any atom is -0.393 e. The van der Waals surface area contributed by atoms with Crippen LogP contribution in [-0.2, 0) is 19.3 Å². The second-order valence-corrected chi connectivity index (χ2v) is 7.32. The molecule has 2 heterocycles. The predicted molar refractivity (Wildman–Crippen MR) is 83.0 cm³/mol. The van der Waals surface area contributed by atoms with Crippen LogP contribution in [0.1, 0.15) is 34.8 Å². The molecule has 7 heteroatoms. The average molecular weight is 327 g/mol. The zero-order valence-electron chi connectivity index (χ0n) is 12.6. The van der Waals surface area contributed by atoms with Gasteiger partial charge in [-0.1, -0.05) is 0 Å². The highest BCUT2D eigenvalue weighted by Gasteiger charge is 2.39. The molecule has 5 nitrogen and oxygen atoms in total. The van der Waals surface area contributed by atoms with E-state index >= 15 is 0 Å². The fourth-order valence-electron chi connectivity index (χ4n) is 3.04. The number of thiazole rings is 1. The van der Waals surface area contributed by atoms with Crippen LogP contribution < -0.4 is 5.32 Å². The summed E-state index contributed by atoms with van der Waals surface area (Å²) in [6.07, 6.45) is 5.60. The Hall–Kier alpha value is -1.21. The van der Waals surface area contributed by atoms with Gasteiger partial charge in [-0.3, -0.25) is 0 Å². The van der Waals surface area contributed by atoms with Gasteiger partial charge in [-0.05, 0) is 25.7 Å². The Morgan fingerprint density at radius 1 is 1.45 bits per heavy atom. The Balaban J connectivity index is 1.45. The van der Waals surface area contributed by atoms with Crippen LogP contribution in [0.2, 0.25) is 0 Å². The summed E-state index contributed by atoms with van der Waals surface area (Å²) >= 11 is 1.75. The summed E-state index contributed by atoms with van der Waals surface area (Å²) in [5, 5.41) is 12.9. The van der Waals surface area contributed by atoms with Gasteiger partial charge in [0.2, 0.25) is 0 Å². The number of carbonyl (C=O) groups is 1. The van der Waals surface area contributed by atoms with Crippen LogP contribution in [0.4, 0.5) is 9.18 Å². The van der Waals surface area contributed by atoms with Crippen molar-refractivity contribution in [3.05, 3.63) is 15.6 Å². The number of aliphatic hydroxyl groups excluding tert-OH is 1. The molecule has 2 aliphatic rings. The summed E-state index contributed by atoms with van der Waals surface area (Å²) in [6, 6.07) is -0.255. The van der Waals surface area contributed by atoms with E-state index in [-0.39, 0.29) is 19.0 Å². The van der Waals surface area contributed by atoms with Crippen molar-refractivity contribution in [2.24, 2.45) is 0 Å². The van der Waals surface area contributed by atoms with E-state index in [4.69, 9.17) is 5.11 Å². The molecule has 1 aliphatic heterocycles. The quantitative estimate of drug-likeness (QED) is 0.884. The molecule has 0 radical (unpaired) electrons. The number of fused-ring (bicyclic) bond motifs is 1. The zero-order valence-corrected chi connectivity index (χ0v) is 13.4. The fraction of sp³-hybridized carbons (Fsp3) is 0.733. The number of urea groups is 1. The summed E-state index contributed by atoms with van der Waals surface area (Å²) in [7, 11) is 0. The number of nitrogens with one attached hydrogen (secondary N) is 1. The van der Waals surface area contributed by atoms with E-state index in [1.165, 1.54) is 28.3 Å². The number of aromatic nitrogens is 1. The van der Waals surface area contributed by atoms with Crippen LogP contribution in [0.15, 0.2) is 0 Å². The topological polar surface area (TPSA) is 65.5 Å². The molecule has 1 saturated heterocycles. The first-order valence-electron chi connectivity index (χ1n) is 7.90. The summed E-state index contributed by atoms with van der Waals surface area (Å²) in [6.45, 7) is 0.316. The highest BCUT2D eigenvalue weighted by Crippen LogP contribution is 2.27. The molecule has 2 amide bonds. The van der Waals surface area contributed by atoms with Gasteiger partial charge in [0.1, 0.15) is 0 Å². The van der Waals surface area contributed by atoms with Gasteiger partial charge in [-0.2, -0.15) is 0 Å². The number of amides is 2. The smallest absolute Gasteiger partial charge is 0.317 e. The average Bonchev–Trinajstić information content (AvgIpc) is 3.11. The maximum absolute atomic E-state index is 13.9. The molecule has 22 heavy (non-hydrogen) atoms. The Labute approximate surface area is 133 Å². The number of halogens is 1. The van der Waals surface area contributed by atoms with Crippen LogP contribution in [0.3, 0.4) is 0 Å². The molecule has 0 saturated carbocycles. The number of hydrogen-bond acceptors (Lipinski definition) is 4. The molecule has 1 aromatic heterocycles. The SMILES string of the molecule is O=C(NCCc1nc2c(s1)CCCC2)N1CCC(F)(CO)C1. The summed E-state index contributed by atoms with van der Waals surface area (Å²) in [5.74, 6) is 0. The molecule has 0 spiro atoms. The number of carbonyl (C=O) groups excluding carboxylic acids is 1. The van der Waals surface area contributed by atoms with Crippen molar-refractivity contribution < 1.29 is 14.3 Å². The van der Waals surface area contributed by atoms with E-state index < -0.39 is 12.3 Å². The molecule has 1 unspecified atom stereocenters. The molecule has 1 atom stereocenters. The van der Waals surface area contributed by atoms with Crippen molar-refractivity contribution in [1.82, 2.24) is 15.2 Å². The molecular formula is C15H22FN3O2S. The minimum absolute atomic E-state index is 0.0269. The van der Waals surface area contributed by atoms with Crippen LogP contribution in [0.25, 0.3) is 0 Å².